The highest BCUT2D eigenvalue weighted by atomic mass is 16.5. The van der Waals surface area contributed by atoms with Crippen molar-refractivity contribution < 1.29 is 9.53 Å². The van der Waals surface area contributed by atoms with Gasteiger partial charge in [0.25, 0.3) is 0 Å². The van der Waals surface area contributed by atoms with Crippen molar-refractivity contribution in [2.45, 2.75) is 65.3 Å². The summed E-state index contributed by atoms with van der Waals surface area (Å²) >= 11 is 0. The minimum absolute atomic E-state index is 0.00431. The summed E-state index contributed by atoms with van der Waals surface area (Å²) in [7, 11) is 0. The van der Waals surface area contributed by atoms with Crippen LogP contribution >= 0.6 is 0 Å². The van der Waals surface area contributed by atoms with Crippen LogP contribution in [0.5, 0.6) is 0 Å². The number of hydrogen-bond donors (Lipinski definition) is 1. The van der Waals surface area contributed by atoms with Gasteiger partial charge in [-0.25, -0.2) is 4.98 Å². The summed E-state index contributed by atoms with van der Waals surface area (Å²) < 4.78 is 10.0. The second-order valence-electron chi connectivity index (χ2n) is 8.69. The third-order valence-electron chi connectivity index (χ3n) is 5.79. The van der Waals surface area contributed by atoms with E-state index in [0.29, 0.717) is 13.0 Å². The fraction of sp³-hybridized carbons (Fsp3) is 0.522. The average Bonchev–Trinajstić information content (AvgIpc) is 3.44. The van der Waals surface area contributed by atoms with E-state index < -0.39 is 0 Å². The Hall–Kier alpha value is -2.67. The molecule has 1 aliphatic heterocycles. The predicted octanol–water partition coefficient (Wildman–Crippen LogP) is 4.35. The zero-order valence-electron chi connectivity index (χ0n) is 18.4. The first-order valence-corrected chi connectivity index (χ1v) is 10.8. The van der Waals surface area contributed by atoms with Gasteiger partial charge < -0.3 is 14.6 Å². The van der Waals surface area contributed by atoms with Gasteiger partial charge in [-0.05, 0) is 53.2 Å². The smallest absolute Gasteiger partial charge is 0.226 e. The number of benzene rings is 1. The summed E-state index contributed by atoms with van der Waals surface area (Å²) in [5.41, 5.74) is 3.00. The SMILES string of the molecule is CC(NC(=O)[C@@H]1CCO[C@H]1c1cnn(C(C)C)c1)c1nc2ccccc2n1C(C)C. The van der Waals surface area contributed by atoms with Crippen LogP contribution < -0.4 is 5.32 Å². The first kappa shape index (κ1) is 20.6. The number of para-hydroxylation sites is 2. The Bertz CT molecular complexity index is 1040. The van der Waals surface area contributed by atoms with Gasteiger partial charge in [0.1, 0.15) is 5.82 Å². The zero-order chi connectivity index (χ0) is 21.4. The van der Waals surface area contributed by atoms with Gasteiger partial charge in [0.05, 0.1) is 35.3 Å². The molecule has 7 nitrogen and oxygen atoms in total. The highest BCUT2D eigenvalue weighted by molar-refractivity contribution is 5.81. The van der Waals surface area contributed by atoms with E-state index in [1.54, 1.807) is 0 Å². The first-order chi connectivity index (χ1) is 14.4. The van der Waals surface area contributed by atoms with Crippen LogP contribution in [-0.4, -0.2) is 31.8 Å². The van der Waals surface area contributed by atoms with Crippen molar-refractivity contribution in [1.29, 1.82) is 0 Å². The lowest BCUT2D eigenvalue weighted by Crippen LogP contribution is -2.35. The monoisotopic (exact) mass is 409 g/mol. The second kappa shape index (κ2) is 8.22. The summed E-state index contributed by atoms with van der Waals surface area (Å²) in [5, 5.41) is 7.60. The molecular weight excluding hydrogens is 378 g/mol. The molecule has 160 valence electrons. The van der Waals surface area contributed by atoms with Crippen molar-refractivity contribution in [1.82, 2.24) is 24.6 Å². The molecule has 1 amide bonds. The van der Waals surface area contributed by atoms with Crippen LogP contribution in [0.3, 0.4) is 0 Å². The Morgan fingerprint density at radius 3 is 2.63 bits per heavy atom. The molecule has 30 heavy (non-hydrogen) atoms. The largest absolute Gasteiger partial charge is 0.373 e. The van der Waals surface area contributed by atoms with Crippen molar-refractivity contribution in [2.24, 2.45) is 5.92 Å². The van der Waals surface area contributed by atoms with E-state index >= 15 is 0 Å². The Morgan fingerprint density at radius 1 is 1.17 bits per heavy atom. The average molecular weight is 410 g/mol. The third-order valence-corrected chi connectivity index (χ3v) is 5.79. The van der Waals surface area contributed by atoms with E-state index in [1.165, 1.54) is 0 Å². The topological polar surface area (TPSA) is 74.0 Å². The maximum atomic E-state index is 13.2. The van der Waals surface area contributed by atoms with Gasteiger partial charge in [0.2, 0.25) is 5.91 Å². The van der Waals surface area contributed by atoms with Crippen molar-refractivity contribution in [3.05, 3.63) is 48.0 Å². The molecule has 1 aromatic carbocycles. The number of rotatable bonds is 6. The van der Waals surface area contributed by atoms with E-state index in [2.05, 4.69) is 48.7 Å². The van der Waals surface area contributed by atoms with Crippen LogP contribution in [0, 0.1) is 5.92 Å². The van der Waals surface area contributed by atoms with Crippen LogP contribution in [0.1, 0.15) is 76.7 Å². The maximum Gasteiger partial charge on any atom is 0.226 e. The molecule has 0 aliphatic carbocycles. The highest BCUT2D eigenvalue weighted by Gasteiger charge is 2.37. The molecule has 1 unspecified atom stereocenters. The Labute approximate surface area is 177 Å². The number of carbonyl (C=O) groups excluding carboxylic acids is 1. The molecule has 3 heterocycles. The number of ether oxygens (including phenoxy) is 1. The van der Waals surface area contributed by atoms with Gasteiger partial charge in [0.15, 0.2) is 0 Å². The number of imidazole rings is 1. The van der Waals surface area contributed by atoms with Crippen LogP contribution in [0.25, 0.3) is 11.0 Å². The molecule has 2 aromatic heterocycles. The lowest BCUT2D eigenvalue weighted by atomic mass is 9.96. The molecule has 7 heteroatoms. The molecule has 1 N–H and O–H groups in total. The van der Waals surface area contributed by atoms with E-state index in [9.17, 15) is 4.79 Å². The number of nitrogens with one attached hydrogen (secondary N) is 1. The molecule has 1 saturated heterocycles. The molecular formula is C23H31N5O2. The molecule has 4 rings (SSSR count). The van der Waals surface area contributed by atoms with Crippen LogP contribution in [0.15, 0.2) is 36.7 Å². The Balaban J connectivity index is 1.54. The molecule has 0 spiro atoms. The van der Waals surface area contributed by atoms with Gasteiger partial charge in [-0.2, -0.15) is 5.10 Å². The predicted molar refractivity (Wildman–Crippen MR) is 116 cm³/mol. The van der Waals surface area contributed by atoms with E-state index in [-0.39, 0.29) is 36.1 Å². The van der Waals surface area contributed by atoms with Gasteiger partial charge in [-0.1, -0.05) is 12.1 Å². The lowest BCUT2D eigenvalue weighted by Gasteiger charge is -2.22. The maximum absolute atomic E-state index is 13.2. The van der Waals surface area contributed by atoms with Crippen molar-refractivity contribution >= 4 is 16.9 Å². The molecule has 0 bridgehead atoms. The number of fused-ring (bicyclic) bond motifs is 1. The molecule has 0 saturated carbocycles. The highest BCUT2D eigenvalue weighted by Crippen LogP contribution is 2.35. The summed E-state index contributed by atoms with van der Waals surface area (Å²) in [5.74, 6) is 0.654. The minimum Gasteiger partial charge on any atom is -0.373 e. The normalized spacial score (nSPS) is 20.4. The molecule has 1 aliphatic rings. The lowest BCUT2D eigenvalue weighted by molar-refractivity contribution is -0.127. The van der Waals surface area contributed by atoms with E-state index in [0.717, 1.165) is 22.4 Å². The number of hydrogen-bond acceptors (Lipinski definition) is 4. The quantitative estimate of drug-likeness (QED) is 0.657. The van der Waals surface area contributed by atoms with E-state index in [1.807, 2.05) is 42.2 Å². The fourth-order valence-corrected chi connectivity index (χ4v) is 4.26. The summed E-state index contributed by atoms with van der Waals surface area (Å²) in [6.45, 7) is 11.0. The van der Waals surface area contributed by atoms with Crippen LogP contribution in [0.2, 0.25) is 0 Å². The second-order valence-corrected chi connectivity index (χ2v) is 8.69. The van der Waals surface area contributed by atoms with Crippen molar-refractivity contribution in [3.8, 4) is 0 Å². The van der Waals surface area contributed by atoms with Gasteiger partial charge in [-0.15, -0.1) is 0 Å². The van der Waals surface area contributed by atoms with Gasteiger partial charge in [0, 0.05) is 30.5 Å². The van der Waals surface area contributed by atoms with Crippen molar-refractivity contribution in [2.75, 3.05) is 6.61 Å². The van der Waals surface area contributed by atoms with Gasteiger partial charge >= 0.3 is 0 Å². The van der Waals surface area contributed by atoms with Crippen LogP contribution in [-0.2, 0) is 9.53 Å². The molecule has 0 radical (unpaired) electrons. The third kappa shape index (κ3) is 3.74. The minimum atomic E-state index is -0.256. The fourth-order valence-electron chi connectivity index (χ4n) is 4.26. The van der Waals surface area contributed by atoms with Gasteiger partial charge in [-0.3, -0.25) is 9.48 Å². The summed E-state index contributed by atoms with van der Waals surface area (Å²) in [6, 6.07) is 8.42. The first-order valence-electron chi connectivity index (χ1n) is 10.8. The number of carbonyl (C=O) groups is 1. The molecule has 3 atom stereocenters. The number of nitrogens with zero attached hydrogens (tertiary/aromatic N) is 4. The zero-order valence-corrected chi connectivity index (χ0v) is 18.4. The molecule has 3 aromatic rings. The van der Waals surface area contributed by atoms with Crippen molar-refractivity contribution in [3.63, 3.8) is 0 Å². The Kier molecular flexibility index (Phi) is 5.64. The Morgan fingerprint density at radius 2 is 1.93 bits per heavy atom. The van der Waals surface area contributed by atoms with E-state index in [4.69, 9.17) is 9.72 Å². The van der Waals surface area contributed by atoms with Crippen LogP contribution in [0.4, 0.5) is 0 Å². The molecule has 1 fully saturated rings. The summed E-state index contributed by atoms with van der Waals surface area (Å²) in [4.78, 5) is 18.0. The standard InChI is InChI=1S/C23H31N5O2/c1-14(2)27-13-17(12-24-27)21-18(10-11-30-21)23(29)25-16(5)22-26-19-8-6-7-9-20(19)28(22)15(3)4/h6-9,12-16,18,21H,10-11H2,1-5H3,(H,25,29)/t16?,18-,21+/m1/s1. The summed E-state index contributed by atoms with van der Waals surface area (Å²) in [6.07, 6.45) is 4.26. The number of aromatic nitrogens is 4. The number of amides is 1.